The van der Waals surface area contributed by atoms with Crippen LogP contribution in [0.4, 0.5) is 0 Å². The van der Waals surface area contributed by atoms with E-state index in [4.69, 9.17) is 16.3 Å². The first kappa shape index (κ1) is 13.8. The van der Waals surface area contributed by atoms with Crippen LogP contribution in [-0.2, 0) is 11.3 Å². The van der Waals surface area contributed by atoms with Crippen molar-refractivity contribution in [3.8, 4) is 0 Å². The van der Waals surface area contributed by atoms with Crippen molar-refractivity contribution in [2.45, 2.75) is 46.1 Å². The van der Waals surface area contributed by atoms with Gasteiger partial charge < -0.3 is 4.74 Å². The molecule has 0 radical (unpaired) electrons. The fraction of sp³-hybridized carbons (Fsp3) is 0.714. The number of ether oxygens (including phenoxy) is 1. The smallest absolute Gasteiger partial charge is 0.155 e. The maximum Gasteiger partial charge on any atom is 0.155 e. The Hall–Kier alpha value is -0.670. The fourth-order valence-electron chi connectivity index (χ4n) is 2.68. The van der Waals surface area contributed by atoms with E-state index in [1.54, 1.807) is 6.07 Å². The number of aromatic nitrogens is 2. The summed E-state index contributed by atoms with van der Waals surface area (Å²) in [5.74, 6) is 2.23. The molecule has 0 bridgehead atoms. The van der Waals surface area contributed by atoms with Gasteiger partial charge in [-0.3, -0.25) is 0 Å². The van der Waals surface area contributed by atoms with E-state index in [1.165, 1.54) is 25.7 Å². The third-order valence-electron chi connectivity index (χ3n) is 3.50. The van der Waals surface area contributed by atoms with Gasteiger partial charge in [0.05, 0.1) is 6.61 Å². The highest BCUT2D eigenvalue weighted by Crippen LogP contribution is 2.28. The van der Waals surface area contributed by atoms with Crippen LogP contribution in [0.25, 0.3) is 0 Å². The Balaban J connectivity index is 1.77. The maximum absolute atomic E-state index is 5.89. The lowest BCUT2D eigenvalue weighted by Crippen LogP contribution is -2.18. The summed E-state index contributed by atoms with van der Waals surface area (Å²) in [6.07, 6.45) is 5.28. The van der Waals surface area contributed by atoms with Gasteiger partial charge in [0, 0.05) is 5.69 Å². The first-order chi connectivity index (χ1) is 8.63. The lowest BCUT2D eigenvalue weighted by Gasteiger charge is -2.26. The Labute approximate surface area is 114 Å². The number of halogens is 1. The highest BCUT2D eigenvalue weighted by atomic mass is 35.5. The molecule has 2 unspecified atom stereocenters. The largest absolute Gasteiger partial charge is 0.373 e. The van der Waals surface area contributed by atoms with Crippen LogP contribution in [-0.4, -0.2) is 16.6 Å². The molecule has 0 saturated heterocycles. The standard InChI is InChI=1S/C14H21ClN2O/c1-10-4-3-5-12(6-10)8-18-9-14-16-11(2)7-13(15)17-14/h7,10,12H,3-6,8-9H2,1-2H3. The molecular weight excluding hydrogens is 248 g/mol. The predicted octanol–water partition coefficient (Wildman–Crippen LogP) is 3.78. The zero-order chi connectivity index (χ0) is 13.0. The Kier molecular flexibility index (Phi) is 4.95. The topological polar surface area (TPSA) is 35.0 Å². The van der Waals surface area contributed by atoms with Gasteiger partial charge >= 0.3 is 0 Å². The van der Waals surface area contributed by atoms with Gasteiger partial charge in [0.25, 0.3) is 0 Å². The first-order valence-electron chi connectivity index (χ1n) is 6.71. The van der Waals surface area contributed by atoms with Gasteiger partial charge in [-0.25, -0.2) is 9.97 Å². The van der Waals surface area contributed by atoms with Crippen molar-refractivity contribution in [1.29, 1.82) is 0 Å². The zero-order valence-corrected chi connectivity index (χ0v) is 11.9. The molecule has 4 heteroatoms. The Morgan fingerprint density at radius 2 is 2.22 bits per heavy atom. The second kappa shape index (κ2) is 6.48. The molecule has 1 heterocycles. The van der Waals surface area contributed by atoms with Crippen LogP contribution in [0, 0.1) is 18.8 Å². The summed E-state index contributed by atoms with van der Waals surface area (Å²) < 4.78 is 5.73. The van der Waals surface area contributed by atoms with Crippen LogP contribution in [0.2, 0.25) is 5.15 Å². The quantitative estimate of drug-likeness (QED) is 0.780. The molecule has 1 saturated carbocycles. The van der Waals surface area contributed by atoms with Crippen LogP contribution in [0.5, 0.6) is 0 Å². The van der Waals surface area contributed by atoms with E-state index >= 15 is 0 Å². The molecule has 1 fully saturated rings. The van der Waals surface area contributed by atoms with Crippen LogP contribution in [0.1, 0.15) is 44.1 Å². The van der Waals surface area contributed by atoms with Crippen LogP contribution < -0.4 is 0 Å². The second-order valence-corrected chi connectivity index (χ2v) is 5.79. The molecule has 3 nitrogen and oxygen atoms in total. The number of hydrogen-bond donors (Lipinski definition) is 0. The van der Waals surface area contributed by atoms with E-state index in [0.717, 1.165) is 18.2 Å². The summed E-state index contributed by atoms with van der Waals surface area (Å²) in [5.41, 5.74) is 0.889. The van der Waals surface area contributed by atoms with E-state index in [1.807, 2.05) is 6.92 Å². The molecule has 0 aromatic carbocycles. The van der Waals surface area contributed by atoms with Crippen molar-refractivity contribution in [3.63, 3.8) is 0 Å². The number of hydrogen-bond acceptors (Lipinski definition) is 3. The van der Waals surface area contributed by atoms with Crippen LogP contribution in [0.15, 0.2) is 6.07 Å². The molecule has 2 atom stereocenters. The predicted molar refractivity (Wildman–Crippen MR) is 72.6 cm³/mol. The highest BCUT2D eigenvalue weighted by molar-refractivity contribution is 6.29. The minimum atomic E-state index is 0.465. The van der Waals surface area contributed by atoms with Crippen LogP contribution in [0.3, 0.4) is 0 Å². The van der Waals surface area contributed by atoms with Gasteiger partial charge in [-0.1, -0.05) is 31.4 Å². The van der Waals surface area contributed by atoms with E-state index in [-0.39, 0.29) is 0 Å². The fourth-order valence-corrected chi connectivity index (χ4v) is 2.94. The summed E-state index contributed by atoms with van der Waals surface area (Å²) >= 11 is 5.89. The Morgan fingerprint density at radius 1 is 1.39 bits per heavy atom. The molecule has 0 spiro atoms. The van der Waals surface area contributed by atoms with E-state index in [0.29, 0.717) is 23.5 Å². The zero-order valence-electron chi connectivity index (χ0n) is 11.2. The van der Waals surface area contributed by atoms with Gasteiger partial charge in [0.15, 0.2) is 5.82 Å². The average Bonchev–Trinajstić information content (AvgIpc) is 2.27. The molecule has 1 aromatic rings. The molecule has 18 heavy (non-hydrogen) atoms. The molecule has 100 valence electrons. The lowest BCUT2D eigenvalue weighted by atomic mass is 9.83. The van der Waals surface area contributed by atoms with E-state index in [9.17, 15) is 0 Å². The van der Waals surface area contributed by atoms with Crippen molar-refractivity contribution in [1.82, 2.24) is 9.97 Å². The van der Waals surface area contributed by atoms with E-state index in [2.05, 4.69) is 16.9 Å². The normalized spacial score (nSPS) is 24.2. The molecule has 1 aromatic heterocycles. The van der Waals surface area contributed by atoms with E-state index < -0.39 is 0 Å². The number of nitrogens with zero attached hydrogens (tertiary/aromatic N) is 2. The molecule has 1 aliphatic rings. The van der Waals surface area contributed by atoms with Crippen molar-refractivity contribution >= 4 is 11.6 Å². The Morgan fingerprint density at radius 3 is 2.94 bits per heavy atom. The van der Waals surface area contributed by atoms with Gasteiger partial charge in [-0.05, 0) is 37.7 Å². The molecule has 0 aliphatic heterocycles. The second-order valence-electron chi connectivity index (χ2n) is 5.40. The highest BCUT2D eigenvalue weighted by Gasteiger charge is 2.18. The third-order valence-corrected chi connectivity index (χ3v) is 3.69. The summed E-state index contributed by atoms with van der Waals surface area (Å²) in [5, 5.41) is 0.493. The van der Waals surface area contributed by atoms with Crippen molar-refractivity contribution < 1.29 is 4.74 Å². The molecule has 0 N–H and O–H groups in total. The van der Waals surface area contributed by atoms with Crippen molar-refractivity contribution in [3.05, 3.63) is 22.7 Å². The molecule has 2 rings (SSSR count). The van der Waals surface area contributed by atoms with Crippen molar-refractivity contribution in [2.75, 3.05) is 6.61 Å². The molecule has 0 amide bonds. The first-order valence-corrected chi connectivity index (χ1v) is 7.09. The summed E-state index contributed by atoms with van der Waals surface area (Å²) in [6, 6.07) is 1.76. The molecular formula is C14H21ClN2O. The minimum absolute atomic E-state index is 0.465. The summed E-state index contributed by atoms with van der Waals surface area (Å²) in [6.45, 7) is 5.53. The Bertz CT molecular complexity index is 377. The van der Waals surface area contributed by atoms with Crippen LogP contribution >= 0.6 is 11.6 Å². The van der Waals surface area contributed by atoms with Gasteiger partial charge in [0.1, 0.15) is 11.8 Å². The summed E-state index contributed by atoms with van der Waals surface area (Å²) in [4.78, 5) is 8.47. The van der Waals surface area contributed by atoms with Gasteiger partial charge in [-0.15, -0.1) is 0 Å². The van der Waals surface area contributed by atoms with Gasteiger partial charge in [0.2, 0.25) is 0 Å². The third kappa shape index (κ3) is 4.21. The maximum atomic E-state index is 5.89. The lowest BCUT2D eigenvalue weighted by molar-refractivity contribution is 0.0621. The number of aryl methyl sites for hydroxylation is 1. The van der Waals surface area contributed by atoms with Gasteiger partial charge in [-0.2, -0.15) is 0 Å². The average molecular weight is 269 g/mol. The monoisotopic (exact) mass is 268 g/mol. The minimum Gasteiger partial charge on any atom is -0.373 e. The summed E-state index contributed by atoms with van der Waals surface area (Å²) in [7, 11) is 0. The molecule has 1 aliphatic carbocycles. The van der Waals surface area contributed by atoms with Crippen molar-refractivity contribution in [2.24, 2.45) is 11.8 Å². The number of rotatable bonds is 4. The SMILES string of the molecule is Cc1cc(Cl)nc(COCC2CCCC(C)C2)n1.